The number of hydrogen-bond donors (Lipinski definition) is 1. The second kappa shape index (κ2) is 5.91. The molecule has 1 aliphatic heterocycles. The molecule has 0 spiro atoms. The first kappa shape index (κ1) is 15.5. The Bertz CT molecular complexity index is 961. The lowest BCUT2D eigenvalue weighted by Crippen LogP contribution is -2.46. The van der Waals surface area contributed by atoms with Crippen LogP contribution in [0, 0.1) is 0 Å². The number of nitrogens with zero attached hydrogens (tertiary/aromatic N) is 4. The van der Waals surface area contributed by atoms with E-state index in [0.717, 1.165) is 29.7 Å². The van der Waals surface area contributed by atoms with Gasteiger partial charge >= 0.3 is 0 Å². The maximum absolute atomic E-state index is 13.0. The summed E-state index contributed by atoms with van der Waals surface area (Å²) in [6, 6.07) is 3.76. The summed E-state index contributed by atoms with van der Waals surface area (Å²) in [6.07, 6.45) is 5.13. The SMILES string of the molecule is C[C@@H]1CN(C(=O)c2cnc3[nH]ccc3c2)C[C@H](c2nc(C3CC3)no2)O1. The van der Waals surface area contributed by atoms with Crippen LogP contribution < -0.4 is 0 Å². The standard InChI is InChI=1S/C18H19N5O3/c1-10-8-23(18(24)13-6-12-4-5-19-15(12)20-7-13)9-14(25-10)17-21-16(22-26-17)11-2-3-11/h4-7,10-11,14H,2-3,8-9H2,1H3,(H,19,20)/t10-,14-/m1/s1. The van der Waals surface area contributed by atoms with E-state index in [-0.39, 0.29) is 12.0 Å². The van der Waals surface area contributed by atoms with Crippen molar-refractivity contribution in [2.24, 2.45) is 0 Å². The Hall–Kier alpha value is -2.74. The highest BCUT2D eigenvalue weighted by Crippen LogP contribution is 2.39. The smallest absolute Gasteiger partial charge is 0.257 e. The van der Waals surface area contributed by atoms with Crippen LogP contribution in [0.15, 0.2) is 29.0 Å². The van der Waals surface area contributed by atoms with Gasteiger partial charge in [-0.2, -0.15) is 4.98 Å². The fourth-order valence-corrected chi connectivity index (χ4v) is 3.38. The van der Waals surface area contributed by atoms with Gasteiger partial charge in [-0.05, 0) is 31.9 Å². The van der Waals surface area contributed by atoms with Crippen molar-refractivity contribution in [2.45, 2.75) is 37.9 Å². The van der Waals surface area contributed by atoms with Gasteiger partial charge < -0.3 is 19.1 Å². The third-order valence-electron chi connectivity index (χ3n) is 4.87. The molecule has 5 rings (SSSR count). The third kappa shape index (κ3) is 2.76. The van der Waals surface area contributed by atoms with Crippen molar-refractivity contribution in [1.29, 1.82) is 0 Å². The van der Waals surface area contributed by atoms with Crippen LogP contribution in [-0.4, -0.2) is 50.1 Å². The Morgan fingerprint density at radius 2 is 2.23 bits per heavy atom. The molecule has 2 fully saturated rings. The molecule has 1 N–H and O–H groups in total. The summed E-state index contributed by atoms with van der Waals surface area (Å²) in [5.74, 6) is 1.56. The predicted octanol–water partition coefficient (Wildman–Crippen LogP) is 2.43. The molecule has 0 unspecified atom stereocenters. The molecule has 4 heterocycles. The van der Waals surface area contributed by atoms with Crippen LogP contribution in [-0.2, 0) is 4.74 Å². The number of H-pyrrole nitrogens is 1. The largest absolute Gasteiger partial charge is 0.362 e. The minimum Gasteiger partial charge on any atom is -0.362 e. The van der Waals surface area contributed by atoms with Gasteiger partial charge in [-0.3, -0.25) is 4.79 Å². The number of ether oxygens (including phenoxy) is 1. The van der Waals surface area contributed by atoms with Gasteiger partial charge in [0, 0.05) is 30.2 Å². The number of carbonyl (C=O) groups excluding carboxylic acids is 1. The molecule has 8 nitrogen and oxygen atoms in total. The van der Waals surface area contributed by atoms with Crippen LogP contribution in [0.3, 0.4) is 0 Å². The third-order valence-corrected chi connectivity index (χ3v) is 4.87. The Kier molecular flexibility index (Phi) is 3.53. The molecule has 1 amide bonds. The number of fused-ring (bicyclic) bond motifs is 1. The molecular formula is C18H19N5O3. The van der Waals surface area contributed by atoms with Crippen molar-refractivity contribution in [3.63, 3.8) is 0 Å². The van der Waals surface area contributed by atoms with Gasteiger partial charge in [0.2, 0.25) is 0 Å². The summed E-state index contributed by atoms with van der Waals surface area (Å²) in [4.78, 5) is 26.6. The van der Waals surface area contributed by atoms with Crippen LogP contribution >= 0.6 is 0 Å². The number of carbonyl (C=O) groups is 1. The molecule has 3 aromatic rings. The zero-order valence-electron chi connectivity index (χ0n) is 14.4. The first-order valence-electron chi connectivity index (χ1n) is 8.89. The molecule has 2 atom stereocenters. The van der Waals surface area contributed by atoms with Crippen molar-refractivity contribution >= 4 is 16.9 Å². The number of rotatable bonds is 3. The lowest BCUT2D eigenvalue weighted by atomic mass is 10.1. The van der Waals surface area contributed by atoms with Crippen LogP contribution in [0.4, 0.5) is 0 Å². The monoisotopic (exact) mass is 353 g/mol. The number of aromatic amines is 1. The lowest BCUT2D eigenvalue weighted by Gasteiger charge is -2.35. The van der Waals surface area contributed by atoms with E-state index in [2.05, 4.69) is 20.1 Å². The molecule has 26 heavy (non-hydrogen) atoms. The van der Waals surface area contributed by atoms with Crippen LogP contribution in [0.25, 0.3) is 11.0 Å². The first-order valence-corrected chi connectivity index (χ1v) is 8.89. The second-order valence-corrected chi connectivity index (χ2v) is 7.05. The van der Waals surface area contributed by atoms with Crippen LogP contribution in [0.2, 0.25) is 0 Å². The highest BCUT2D eigenvalue weighted by atomic mass is 16.5. The lowest BCUT2D eigenvalue weighted by molar-refractivity contribution is -0.0810. The van der Waals surface area contributed by atoms with Gasteiger partial charge in [0.1, 0.15) is 5.65 Å². The molecule has 0 radical (unpaired) electrons. The molecule has 0 aromatic carbocycles. The number of pyridine rings is 1. The highest BCUT2D eigenvalue weighted by Gasteiger charge is 2.35. The summed E-state index contributed by atoms with van der Waals surface area (Å²) in [6.45, 7) is 2.85. The minimum absolute atomic E-state index is 0.0670. The number of aromatic nitrogens is 4. The van der Waals surface area contributed by atoms with E-state index >= 15 is 0 Å². The molecule has 3 aromatic heterocycles. The van der Waals surface area contributed by atoms with Crippen LogP contribution in [0.1, 0.15) is 53.9 Å². The quantitative estimate of drug-likeness (QED) is 0.777. The molecule has 0 bridgehead atoms. The maximum atomic E-state index is 13.0. The summed E-state index contributed by atoms with van der Waals surface area (Å²) in [5.41, 5.74) is 1.34. The number of hydrogen-bond acceptors (Lipinski definition) is 6. The van der Waals surface area contributed by atoms with E-state index in [1.165, 1.54) is 0 Å². The molecule has 1 aliphatic carbocycles. The molecule has 1 saturated heterocycles. The summed E-state index contributed by atoms with van der Waals surface area (Å²) >= 11 is 0. The van der Waals surface area contributed by atoms with E-state index in [9.17, 15) is 4.79 Å². The molecule has 8 heteroatoms. The van der Waals surface area contributed by atoms with E-state index in [0.29, 0.717) is 30.5 Å². The number of morpholine rings is 1. The van der Waals surface area contributed by atoms with Crippen LogP contribution in [0.5, 0.6) is 0 Å². The van der Waals surface area contributed by atoms with Gasteiger partial charge in [0.05, 0.1) is 18.2 Å². The van der Waals surface area contributed by atoms with E-state index in [4.69, 9.17) is 9.26 Å². The van der Waals surface area contributed by atoms with Crippen molar-refractivity contribution < 1.29 is 14.1 Å². The summed E-state index contributed by atoms with van der Waals surface area (Å²) in [5, 5.41) is 4.97. The van der Waals surface area contributed by atoms with Gasteiger partial charge in [-0.15, -0.1) is 0 Å². The summed E-state index contributed by atoms with van der Waals surface area (Å²) in [7, 11) is 0. The van der Waals surface area contributed by atoms with Gasteiger partial charge in [-0.1, -0.05) is 5.16 Å². The summed E-state index contributed by atoms with van der Waals surface area (Å²) < 4.78 is 11.3. The van der Waals surface area contributed by atoms with Crippen molar-refractivity contribution in [1.82, 2.24) is 25.0 Å². The maximum Gasteiger partial charge on any atom is 0.257 e. The van der Waals surface area contributed by atoms with E-state index in [1.54, 1.807) is 11.1 Å². The van der Waals surface area contributed by atoms with E-state index < -0.39 is 6.10 Å². The van der Waals surface area contributed by atoms with Gasteiger partial charge in [0.25, 0.3) is 11.8 Å². The molecule has 2 aliphatic rings. The van der Waals surface area contributed by atoms with Gasteiger partial charge in [0.15, 0.2) is 11.9 Å². The number of amides is 1. The van der Waals surface area contributed by atoms with E-state index in [1.807, 2.05) is 25.3 Å². The minimum atomic E-state index is -0.397. The molecule has 1 saturated carbocycles. The topological polar surface area (TPSA) is 97.1 Å². The Balaban J connectivity index is 1.37. The van der Waals surface area contributed by atoms with Gasteiger partial charge in [-0.25, -0.2) is 4.98 Å². The Morgan fingerprint density at radius 3 is 3.08 bits per heavy atom. The van der Waals surface area contributed by atoms with Crippen molar-refractivity contribution in [2.75, 3.05) is 13.1 Å². The fraction of sp³-hybridized carbons (Fsp3) is 0.444. The normalized spacial score (nSPS) is 23.5. The Morgan fingerprint density at radius 1 is 1.35 bits per heavy atom. The van der Waals surface area contributed by atoms with Crippen molar-refractivity contribution in [3.05, 3.63) is 41.8 Å². The first-order chi connectivity index (χ1) is 12.7. The predicted molar refractivity (Wildman–Crippen MR) is 91.6 cm³/mol. The average Bonchev–Trinajstić information content (AvgIpc) is 3.19. The average molecular weight is 353 g/mol. The zero-order chi connectivity index (χ0) is 17.7. The number of nitrogens with one attached hydrogen (secondary N) is 1. The highest BCUT2D eigenvalue weighted by molar-refractivity contribution is 5.97. The fourth-order valence-electron chi connectivity index (χ4n) is 3.38. The Labute approximate surface area is 149 Å². The molecular weight excluding hydrogens is 334 g/mol. The van der Waals surface area contributed by atoms with Crippen molar-refractivity contribution in [3.8, 4) is 0 Å². The zero-order valence-corrected chi connectivity index (χ0v) is 14.4. The second-order valence-electron chi connectivity index (χ2n) is 7.05. The molecule has 134 valence electrons.